The van der Waals surface area contributed by atoms with Crippen LogP contribution >= 0.6 is 12.4 Å². The van der Waals surface area contributed by atoms with E-state index in [-0.39, 0.29) is 17.3 Å². The van der Waals surface area contributed by atoms with Crippen LogP contribution in [0.15, 0.2) is 53.4 Å². The summed E-state index contributed by atoms with van der Waals surface area (Å²) < 4.78 is 27.7. The van der Waals surface area contributed by atoms with Crippen molar-refractivity contribution in [3.05, 3.63) is 59.7 Å². The molecule has 1 aliphatic heterocycles. The Morgan fingerprint density at radius 3 is 2.55 bits per heavy atom. The Bertz CT molecular complexity index is 935. The Morgan fingerprint density at radius 1 is 1.17 bits per heavy atom. The van der Waals surface area contributed by atoms with Crippen molar-refractivity contribution in [3.63, 3.8) is 0 Å². The molecule has 2 N–H and O–H groups in total. The molecular formula is C21H27ClN2O4S. The molecule has 0 fully saturated rings. The first-order valence-corrected chi connectivity index (χ1v) is 11.1. The number of sulfonamides is 1. The van der Waals surface area contributed by atoms with Crippen LogP contribution in [-0.4, -0.2) is 37.0 Å². The number of rotatable bonds is 8. The minimum Gasteiger partial charge on any atom is -0.480 e. The molecule has 0 bridgehead atoms. The molecule has 0 aliphatic carbocycles. The van der Waals surface area contributed by atoms with Gasteiger partial charge in [0, 0.05) is 18.8 Å². The van der Waals surface area contributed by atoms with Crippen LogP contribution in [0.1, 0.15) is 37.3 Å². The Kier molecular flexibility index (Phi) is 8.07. The van der Waals surface area contributed by atoms with Gasteiger partial charge in [-0.3, -0.25) is 14.4 Å². The third kappa shape index (κ3) is 5.72. The van der Waals surface area contributed by atoms with E-state index in [1.807, 2.05) is 17.0 Å². The second-order valence-electron chi connectivity index (χ2n) is 7.12. The van der Waals surface area contributed by atoms with Crippen LogP contribution in [-0.2, 0) is 27.8 Å². The van der Waals surface area contributed by atoms with Gasteiger partial charge in [0.25, 0.3) is 10.0 Å². The van der Waals surface area contributed by atoms with E-state index < -0.39 is 22.0 Å². The fourth-order valence-electron chi connectivity index (χ4n) is 3.58. The molecule has 0 saturated heterocycles. The van der Waals surface area contributed by atoms with Crippen molar-refractivity contribution in [2.45, 2.75) is 50.1 Å². The number of unbranched alkanes of at least 4 members (excludes halogenated alkanes) is 1. The molecule has 2 aromatic rings. The Hall–Kier alpha value is -2.09. The van der Waals surface area contributed by atoms with Crippen molar-refractivity contribution in [1.82, 2.24) is 4.90 Å². The lowest BCUT2D eigenvalue weighted by atomic mass is 9.96. The third-order valence-corrected chi connectivity index (χ3v) is 6.51. The van der Waals surface area contributed by atoms with Gasteiger partial charge >= 0.3 is 5.97 Å². The number of aliphatic carboxylic acids is 1. The standard InChI is InChI=1S/C21H26N2O4S.ClH/c1-2-3-9-20(21(24)25)23-13-12-16-10-11-18(14-17(16)15-23)22-28(26,27)19-7-5-4-6-8-19;/h4-8,10-11,14,20,22H,2-3,9,12-13,15H2,1H3,(H,24,25);1H. The number of carboxylic acids is 1. The van der Waals surface area contributed by atoms with Gasteiger partial charge < -0.3 is 5.11 Å². The van der Waals surface area contributed by atoms with Gasteiger partial charge in [-0.25, -0.2) is 8.42 Å². The van der Waals surface area contributed by atoms with E-state index in [2.05, 4.69) is 11.6 Å². The third-order valence-electron chi connectivity index (χ3n) is 5.11. The van der Waals surface area contributed by atoms with Gasteiger partial charge in [0.2, 0.25) is 0 Å². The molecule has 1 heterocycles. The predicted octanol–water partition coefficient (Wildman–Crippen LogP) is 3.91. The van der Waals surface area contributed by atoms with Crippen LogP contribution in [0.5, 0.6) is 0 Å². The maximum atomic E-state index is 12.6. The summed E-state index contributed by atoms with van der Waals surface area (Å²) in [6.45, 7) is 3.26. The first-order chi connectivity index (χ1) is 13.4. The number of hydrogen-bond donors (Lipinski definition) is 2. The highest BCUT2D eigenvalue weighted by atomic mass is 35.5. The Balaban J connectivity index is 0.00000300. The van der Waals surface area contributed by atoms with Gasteiger partial charge in [-0.05, 0) is 48.2 Å². The maximum Gasteiger partial charge on any atom is 0.320 e. The van der Waals surface area contributed by atoms with Gasteiger partial charge in [0.05, 0.1) is 4.90 Å². The zero-order chi connectivity index (χ0) is 20.1. The summed E-state index contributed by atoms with van der Waals surface area (Å²) in [4.78, 5) is 13.9. The number of halogens is 1. The number of nitrogens with one attached hydrogen (secondary N) is 1. The van der Waals surface area contributed by atoms with E-state index >= 15 is 0 Å². The minimum absolute atomic E-state index is 0. The van der Waals surface area contributed by atoms with Crippen LogP contribution < -0.4 is 4.72 Å². The highest BCUT2D eigenvalue weighted by Crippen LogP contribution is 2.26. The topological polar surface area (TPSA) is 86.7 Å². The van der Waals surface area contributed by atoms with Crippen LogP contribution in [0.4, 0.5) is 5.69 Å². The molecule has 1 unspecified atom stereocenters. The fourth-order valence-corrected chi connectivity index (χ4v) is 4.65. The summed E-state index contributed by atoms with van der Waals surface area (Å²) in [6.07, 6.45) is 3.22. The van der Waals surface area contributed by atoms with E-state index in [9.17, 15) is 18.3 Å². The second-order valence-corrected chi connectivity index (χ2v) is 8.80. The molecule has 0 spiro atoms. The van der Waals surface area contributed by atoms with Crippen LogP contribution in [0.25, 0.3) is 0 Å². The number of anilines is 1. The van der Waals surface area contributed by atoms with Crippen molar-refractivity contribution in [3.8, 4) is 0 Å². The van der Waals surface area contributed by atoms with Gasteiger partial charge in [-0.1, -0.05) is 44.0 Å². The number of carboxylic acid groups (broad SMARTS) is 1. The predicted molar refractivity (Wildman–Crippen MR) is 116 cm³/mol. The fraction of sp³-hybridized carbons (Fsp3) is 0.381. The molecule has 0 radical (unpaired) electrons. The quantitative estimate of drug-likeness (QED) is 0.652. The molecule has 158 valence electrons. The minimum atomic E-state index is -3.65. The molecule has 1 aliphatic rings. The summed E-state index contributed by atoms with van der Waals surface area (Å²) in [5.74, 6) is -0.794. The van der Waals surface area contributed by atoms with E-state index in [0.29, 0.717) is 25.2 Å². The zero-order valence-electron chi connectivity index (χ0n) is 16.4. The lowest BCUT2D eigenvalue weighted by molar-refractivity contribution is -0.144. The van der Waals surface area contributed by atoms with Gasteiger partial charge in [0.1, 0.15) is 6.04 Å². The van der Waals surface area contributed by atoms with Gasteiger partial charge in [0.15, 0.2) is 0 Å². The van der Waals surface area contributed by atoms with Crippen molar-refractivity contribution in [1.29, 1.82) is 0 Å². The van der Waals surface area contributed by atoms with Crippen LogP contribution in [0, 0.1) is 0 Å². The van der Waals surface area contributed by atoms with Crippen LogP contribution in [0.2, 0.25) is 0 Å². The molecule has 0 saturated carbocycles. The van der Waals surface area contributed by atoms with Gasteiger partial charge in [-0.15, -0.1) is 12.4 Å². The molecule has 0 amide bonds. The molecule has 1 atom stereocenters. The second kappa shape index (κ2) is 10.1. The van der Waals surface area contributed by atoms with Crippen LogP contribution in [0.3, 0.4) is 0 Å². The van der Waals surface area contributed by atoms with E-state index in [1.165, 1.54) is 0 Å². The Labute approximate surface area is 178 Å². The summed E-state index contributed by atoms with van der Waals surface area (Å²) in [6, 6.07) is 13.2. The average Bonchev–Trinajstić information content (AvgIpc) is 2.68. The molecule has 3 rings (SSSR count). The number of nitrogens with zero attached hydrogens (tertiary/aromatic N) is 1. The number of benzene rings is 2. The molecule has 29 heavy (non-hydrogen) atoms. The van der Waals surface area contributed by atoms with E-state index in [4.69, 9.17) is 0 Å². The average molecular weight is 439 g/mol. The van der Waals surface area contributed by atoms with Crippen molar-refractivity contribution in [2.24, 2.45) is 0 Å². The first kappa shape index (κ1) is 23.2. The van der Waals surface area contributed by atoms with E-state index in [1.54, 1.807) is 36.4 Å². The molecule has 2 aromatic carbocycles. The highest BCUT2D eigenvalue weighted by molar-refractivity contribution is 7.92. The number of carbonyl (C=O) groups is 1. The van der Waals surface area contributed by atoms with Crippen molar-refractivity contribution in [2.75, 3.05) is 11.3 Å². The Morgan fingerprint density at radius 2 is 1.90 bits per heavy atom. The lowest BCUT2D eigenvalue weighted by Gasteiger charge is -2.33. The van der Waals surface area contributed by atoms with Crippen molar-refractivity contribution >= 4 is 34.1 Å². The summed E-state index contributed by atoms with van der Waals surface area (Å²) >= 11 is 0. The van der Waals surface area contributed by atoms with E-state index in [0.717, 1.165) is 30.4 Å². The maximum absolute atomic E-state index is 12.6. The lowest BCUT2D eigenvalue weighted by Crippen LogP contribution is -2.44. The molecular weight excluding hydrogens is 412 g/mol. The summed E-state index contributed by atoms with van der Waals surface area (Å²) in [5, 5.41) is 9.60. The SMILES string of the molecule is CCCCC(C(=O)O)N1CCc2ccc(NS(=O)(=O)c3ccccc3)cc2C1.Cl. The summed E-state index contributed by atoms with van der Waals surface area (Å²) in [7, 11) is -3.65. The van der Waals surface area contributed by atoms with Crippen molar-refractivity contribution < 1.29 is 18.3 Å². The molecule has 6 nitrogen and oxygen atoms in total. The molecule has 0 aromatic heterocycles. The zero-order valence-corrected chi connectivity index (χ0v) is 18.0. The largest absolute Gasteiger partial charge is 0.480 e. The first-order valence-electron chi connectivity index (χ1n) is 9.57. The number of fused-ring (bicyclic) bond motifs is 1. The monoisotopic (exact) mass is 438 g/mol. The smallest absolute Gasteiger partial charge is 0.320 e. The number of hydrogen-bond acceptors (Lipinski definition) is 4. The normalized spacial score (nSPS) is 15.1. The highest BCUT2D eigenvalue weighted by Gasteiger charge is 2.28. The summed E-state index contributed by atoms with van der Waals surface area (Å²) in [5.41, 5.74) is 2.60. The molecule has 8 heteroatoms. The van der Waals surface area contributed by atoms with Gasteiger partial charge in [-0.2, -0.15) is 0 Å².